The standard InChI is InChI=1S/C22H24FN3O3S/c1-16(30(28,29)21-8-4-18(23)5-9-21)14-22(27)25-19-10-12-26(13-11-19)20-6-2-17(15-24)3-7-20/h2-9,16,19H,10-14H2,1H3,(H,25,27). The lowest BCUT2D eigenvalue weighted by atomic mass is 10.0. The minimum absolute atomic E-state index is 0.00661. The van der Waals surface area contributed by atoms with Crippen molar-refractivity contribution in [1.29, 1.82) is 5.26 Å². The highest BCUT2D eigenvalue weighted by atomic mass is 32.2. The molecule has 1 atom stereocenters. The first-order valence-corrected chi connectivity index (χ1v) is 11.4. The molecule has 1 unspecified atom stereocenters. The molecule has 1 aliphatic heterocycles. The number of nitrogens with one attached hydrogen (secondary N) is 1. The summed E-state index contributed by atoms with van der Waals surface area (Å²) in [5.41, 5.74) is 1.66. The number of carbonyl (C=O) groups excluding carboxylic acids is 1. The molecule has 30 heavy (non-hydrogen) atoms. The molecule has 1 fully saturated rings. The Morgan fingerprint density at radius 3 is 2.33 bits per heavy atom. The number of benzene rings is 2. The molecule has 2 aromatic carbocycles. The van der Waals surface area contributed by atoms with Crippen molar-refractivity contribution in [3.05, 3.63) is 59.9 Å². The average Bonchev–Trinajstić information content (AvgIpc) is 2.74. The monoisotopic (exact) mass is 429 g/mol. The van der Waals surface area contributed by atoms with Gasteiger partial charge in [0, 0.05) is 31.2 Å². The molecule has 0 spiro atoms. The molecular formula is C22H24FN3O3S. The van der Waals surface area contributed by atoms with Crippen LogP contribution in [0, 0.1) is 17.1 Å². The third kappa shape index (κ3) is 5.16. The highest BCUT2D eigenvalue weighted by Crippen LogP contribution is 2.22. The van der Waals surface area contributed by atoms with Gasteiger partial charge in [0.05, 0.1) is 21.8 Å². The third-order valence-corrected chi connectivity index (χ3v) is 7.52. The van der Waals surface area contributed by atoms with Crippen LogP contribution in [-0.2, 0) is 14.6 Å². The van der Waals surface area contributed by atoms with Crippen LogP contribution in [0.15, 0.2) is 53.4 Å². The number of hydrogen-bond donors (Lipinski definition) is 1. The molecule has 1 N–H and O–H groups in total. The minimum Gasteiger partial charge on any atom is -0.371 e. The van der Waals surface area contributed by atoms with Crippen LogP contribution in [0.1, 0.15) is 31.7 Å². The molecule has 3 rings (SSSR count). The quantitative estimate of drug-likeness (QED) is 0.713. The average molecular weight is 430 g/mol. The Labute approximate surface area is 176 Å². The van der Waals surface area contributed by atoms with E-state index in [0.29, 0.717) is 5.56 Å². The molecule has 0 aliphatic carbocycles. The van der Waals surface area contributed by atoms with Crippen molar-refractivity contribution in [2.75, 3.05) is 18.0 Å². The number of carbonyl (C=O) groups is 1. The van der Waals surface area contributed by atoms with Crippen molar-refractivity contribution < 1.29 is 17.6 Å². The number of amides is 1. The Morgan fingerprint density at radius 2 is 1.77 bits per heavy atom. The highest BCUT2D eigenvalue weighted by molar-refractivity contribution is 7.92. The van der Waals surface area contributed by atoms with Gasteiger partial charge in [-0.05, 0) is 68.3 Å². The number of sulfone groups is 1. The first kappa shape index (κ1) is 21.8. The summed E-state index contributed by atoms with van der Waals surface area (Å²) >= 11 is 0. The van der Waals surface area contributed by atoms with Gasteiger partial charge in [-0.2, -0.15) is 5.26 Å². The van der Waals surface area contributed by atoms with Gasteiger partial charge in [0.15, 0.2) is 9.84 Å². The van der Waals surface area contributed by atoms with Gasteiger partial charge < -0.3 is 10.2 Å². The van der Waals surface area contributed by atoms with Crippen molar-refractivity contribution in [1.82, 2.24) is 5.32 Å². The maximum Gasteiger partial charge on any atom is 0.221 e. The van der Waals surface area contributed by atoms with E-state index in [1.165, 1.54) is 19.1 Å². The van der Waals surface area contributed by atoms with Crippen LogP contribution in [0.5, 0.6) is 0 Å². The highest BCUT2D eigenvalue weighted by Gasteiger charge is 2.27. The largest absolute Gasteiger partial charge is 0.371 e. The summed E-state index contributed by atoms with van der Waals surface area (Å²) in [6.07, 6.45) is 1.37. The number of halogens is 1. The zero-order valence-corrected chi connectivity index (χ0v) is 17.5. The first-order chi connectivity index (χ1) is 14.3. The summed E-state index contributed by atoms with van der Waals surface area (Å²) in [4.78, 5) is 14.6. The van der Waals surface area contributed by atoms with E-state index in [1.54, 1.807) is 12.1 Å². The van der Waals surface area contributed by atoms with E-state index in [0.717, 1.165) is 43.8 Å². The lowest BCUT2D eigenvalue weighted by molar-refractivity contribution is -0.121. The van der Waals surface area contributed by atoms with Gasteiger partial charge in [0.1, 0.15) is 5.82 Å². The fraction of sp³-hybridized carbons (Fsp3) is 0.364. The molecule has 0 aromatic heterocycles. The summed E-state index contributed by atoms with van der Waals surface area (Å²) in [6, 6.07) is 14.1. The van der Waals surface area contributed by atoms with E-state index in [9.17, 15) is 17.6 Å². The van der Waals surface area contributed by atoms with Crippen molar-refractivity contribution in [3.8, 4) is 6.07 Å². The van der Waals surface area contributed by atoms with Gasteiger partial charge in [-0.3, -0.25) is 4.79 Å². The lowest BCUT2D eigenvalue weighted by Gasteiger charge is -2.34. The number of nitriles is 1. The number of hydrogen-bond acceptors (Lipinski definition) is 5. The zero-order valence-electron chi connectivity index (χ0n) is 16.7. The van der Waals surface area contributed by atoms with E-state index in [2.05, 4.69) is 16.3 Å². The molecule has 1 aliphatic rings. The molecule has 1 heterocycles. The smallest absolute Gasteiger partial charge is 0.221 e. The molecule has 158 valence electrons. The molecule has 0 bridgehead atoms. The van der Waals surface area contributed by atoms with E-state index in [-0.39, 0.29) is 23.3 Å². The Balaban J connectivity index is 1.50. The number of nitrogens with zero attached hydrogens (tertiary/aromatic N) is 2. The minimum atomic E-state index is -3.70. The Hall–Kier alpha value is -2.92. The number of rotatable bonds is 6. The summed E-state index contributed by atoms with van der Waals surface area (Å²) in [7, 11) is -3.70. The van der Waals surface area contributed by atoms with Crippen LogP contribution in [-0.4, -0.2) is 38.7 Å². The van der Waals surface area contributed by atoms with Crippen LogP contribution in [0.4, 0.5) is 10.1 Å². The lowest BCUT2D eigenvalue weighted by Crippen LogP contribution is -2.45. The van der Waals surface area contributed by atoms with Crippen LogP contribution in [0.25, 0.3) is 0 Å². The SMILES string of the molecule is CC(CC(=O)NC1CCN(c2ccc(C#N)cc2)CC1)S(=O)(=O)c1ccc(F)cc1. The predicted molar refractivity (Wildman–Crippen MR) is 112 cm³/mol. The second kappa shape index (κ2) is 9.26. The summed E-state index contributed by atoms with van der Waals surface area (Å²) in [5.74, 6) is -0.809. The second-order valence-corrected chi connectivity index (χ2v) is 9.87. The molecule has 0 radical (unpaired) electrons. The van der Waals surface area contributed by atoms with Crippen molar-refractivity contribution in [2.24, 2.45) is 0 Å². The Bertz CT molecular complexity index is 1020. The van der Waals surface area contributed by atoms with Crippen LogP contribution in [0.2, 0.25) is 0 Å². The second-order valence-electron chi connectivity index (χ2n) is 7.50. The summed E-state index contributed by atoms with van der Waals surface area (Å²) in [5, 5.41) is 10.9. The van der Waals surface area contributed by atoms with E-state index >= 15 is 0 Å². The Morgan fingerprint density at radius 1 is 1.17 bits per heavy atom. The molecule has 2 aromatic rings. The molecular weight excluding hydrogens is 405 g/mol. The fourth-order valence-corrected chi connectivity index (χ4v) is 4.89. The molecule has 0 saturated carbocycles. The van der Waals surface area contributed by atoms with Crippen molar-refractivity contribution in [3.63, 3.8) is 0 Å². The van der Waals surface area contributed by atoms with Gasteiger partial charge in [-0.15, -0.1) is 0 Å². The van der Waals surface area contributed by atoms with E-state index in [1.807, 2.05) is 12.1 Å². The van der Waals surface area contributed by atoms with Gasteiger partial charge in [-0.25, -0.2) is 12.8 Å². The van der Waals surface area contributed by atoms with Gasteiger partial charge in [-0.1, -0.05) is 0 Å². The third-order valence-electron chi connectivity index (χ3n) is 5.37. The van der Waals surface area contributed by atoms with Crippen LogP contribution < -0.4 is 10.2 Å². The maximum atomic E-state index is 13.0. The topological polar surface area (TPSA) is 90.3 Å². The molecule has 1 amide bonds. The van der Waals surface area contributed by atoms with Gasteiger partial charge in [0.2, 0.25) is 5.91 Å². The van der Waals surface area contributed by atoms with Crippen LogP contribution in [0.3, 0.4) is 0 Å². The number of piperidine rings is 1. The van der Waals surface area contributed by atoms with Crippen molar-refractivity contribution >= 4 is 21.4 Å². The molecule has 8 heteroatoms. The predicted octanol–water partition coefficient (Wildman–Crippen LogP) is 3.03. The first-order valence-electron chi connectivity index (χ1n) is 9.83. The van der Waals surface area contributed by atoms with Crippen molar-refractivity contribution in [2.45, 2.75) is 42.4 Å². The maximum absolute atomic E-state index is 13.0. The summed E-state index contributed by atoms with van der Waals surface area (Å²) < 4.78 is 38.2. The Kier molecular flexibility index (Phi) is 6.73. The number of anilines is 1. The van der Waals surface area contributed by atoms with E-state index in [4.69, 9.17) is 5.26 Å². The van der Waals surface area contributed by atoms with Gasteiger partial charge in [0.25, 0.3) is 0 Å². The molecule has 1 saturated heterocycles. The normalized spacial score (nSPS) is 16.0. The van der Waals surface area contributed by atoms with Gasteiger partial charge >= 0.3 is 0 Å². The zero-order chi connectivity index (χ0) is 21.7. The fourth-order valence-electron chi connectivity index (χ4n) is 3.54. The molecule has 6 nitrogen and oxygen atoms in total. The van der Waals surface area contributed by atoms with E-state index < -0.39 is 20.9 Å². The summed E-state index contributed by atoms with van der Waals surface area (Å²) in [6.45, 7) is 3.02. The van der Waals surface area contributed by atoms with Crippen LogP contribution >= 0.6 is 0 Å².